The molecule has 4 aromatic rings. The summed E-state index contributed by atoms with van der Waals surface area (Å²) in [6, 6.07) is 20.7. The Balaban J connectivity index is 1.36. The van der Waals surface area contributed by atoms with Gasteiger partial charge in [0.2, 0.25) is 10.0 Å². The van der Waals surface area contributed by atoms with E-state index in [1.54, 1.807) is 24.3 Å². The summed E-state index contributed by atoms with van der Waals surface area (Å²) in [7, 11) is -3.66. The summed E-state index contributed by atoms with van der Waals surface area (Å²) in [5.41, 5.74) is 4.74. The molecular weight excluding hydrogens is 487 g/mol. The number of carbonyl (C=O) groups is 1. The lowest BCUT2D eigenvalue weighted by Crippen LogP contribution is -2.29. The van der Waals surface area contributed by atoms with Crippen LogP contribution in [-0.2, 0) is 29.4 Å². The average molecular weight is 509 g/mol. The molecule has 1 amide bonds. The minimum atomic E-state index is -3.66. The Bertz CT molecular complexity index is 1560. The van der Waals surface area contributed by atoms with Gasteiger partial charge in [0.1, 0.15) is 5.82 Å². The van der Waals surface area contributed by atoms with Crippen molar-refractivity contribution in [2.24, 2.45) is 0 Å². The van der Waals surface area contributed by atoms with E-state index < -0.39 is 15.8 Å². The van der Waals surface area contributed by atoms with E-state index in [0.717, 1.165) is 40.5 Å². The van der Waals surface area contributed by atoms with Crippen LogP contribution in [0, 0.1) is 5.82 Å². The quantitative estimate of drug-likeness (QED) is 0.350. The van der Waals surface area contributed by atoms with Crippen LogP contribution < -0.4 is 9.62 Å². The maximum atomic E-state index is 13.6. The van der Waals surface area contributed by atoms with Crippen LogP contribution in [0.2, 0.25) is 5.02 Å². The van der Waals surface area contributed by atoms with Gasteiger partial charge in [-0.3, -0.25) is 9.10 Å². The van der Waals surface area contributed by atoms with E-state index in [0.29, 0.717) is 11.1 Å². The minimum absolute atomic E-state index is 0.0115. The van der Waals surface area contributed by atoms with E-state index in [1.165, 1.54) is 28.6 Å². The highest BCUT2D eigenvalue weighted by molar-refractivity contribution is 7.92. The van der Waals surface area contributed by atoms with E-state index in [9.17, 15) is 17.6 Å². The molecule has 0 spiro atoms. The van der Waals surface area contributed by atoms with Gasteiger partial charge in [0, 0.05) is 16.6 Å². The van der Waals surface area contributed by atoms with Gasteiger partial charge in [-0.05, 0) is 71.3 Å². The topological polar surface area (TPSA) is 66.5 Å². The summed E-state index contributed by atoms with van der Waals surface area (Å²) in [5, 5.41) is 5.11. The van der Waals surface area contributed by atoms with Gasteiger partial charge in [-0.2, -0.15) is 0 Å². The molecule has 1 N–H and O–H groups in total. The monoisotopic (exact) mass is 508 g/mol. The summed E-state index contributed by atoms with van der Waals surface area (Å²) < 4.78 is 39.5. The van der Waals surface area contributed by atoms with Crippen molar-refractivity contribution in [1.82, 2.24) is 0 Å². The second kappa shape index (κ2) is 8.98. The van der Waals surface area contributed by atoms with Gasteiger partial charge in [-0.25, -0.2) is 12.8 Å². The molecule has 0 saturated carbocycles. The number of benzene rings is 4. The average Bonchev–Trinajstić information content (AvgIpc) is 3.25. The van der Waals surface area contributed by atoms with E-state index in [-0.39, 0.29) is 23.2 Å². The molecule has 0 atom stereocenters. The molecule has 0 heterocycles. The summed E-state index contributed by atoms with van der Waals surface area (Å²) in [6.45, 7) is 0.0115. The van der Waals surface area contributed by atoms with Crippen molar-refractivity contribution >= 4 is 49.7 Å². The molecule has 0 bridgehead atoms. The van der Waals surface area contributed by atoms with Crippen molar-refractivity contribution in [3.8, 4) is 0 Å². The third-order valence-corrected chi connectivity index (χ3v) is 7.69. The van der Waals surface area contributed by atoms with Gasteiger partial charge in [-0.1, -0.05) is 48.0 Å². The number of sulfonamides is 1. The highest BCUT2D eigenvalue weighted by Gasteiger charge is 2.20. The van der Waals surface area contributed by atoms with E-state index in [2.05, 4.69) is 17.4 Å². The highest BCUT2D eigenvalue weighted by atomic mass is 35.5. The third kappa shape index (κ3) is 4.61. The Morgan fingerprint density at radius 1 is 1.00 bits per heavy atom. The molecule has 1 aliphatic carbocycles. The van der Waals surface area contributed by atoms with Gasteiger partial charge in [0.05, 0.1) is 23.5 Å². The molecule has 5 nitrogen and oxygen atoms in total. The molecule has 0 radical (unpaired) electrons. The Morgan fingerprint density at radius 2 is 1.71 bits per heavy atom. The molecule has 0 aliphatic heterocycles. The molecular formula is C27H22ClFN2O3S. The number of hydrogen-bond donors (Lipinski definition) is 1. The minimum Gasteiger partial charge on any atom is -0.321 e. The van der Waals surface area contributed by atoms with Gasteiger partial charge >= 0.3 is 0 Å². The lowest BCUT2D eigenvalue weighted by atomic mass is 10.0. The number of amides is 1. The van der Waals surface area contributed by atoms with Crippen LogP contribution in [0.25, 0.3) is 10.8 Å². The van der Waals surface area contributed by atoms with Gasteiger partial charge in [-0.15, -0.1) is 0 Å². The van der Waals surface area contributed by atoms with Crippen molar-refractivity contribution < 1.29 is 17.6 Å². The van der Waals surface area contributed by atoms with Crippen LogP contribution in [0.5, 0.6) is 0 Å². The number of hydrogen-bond acceptors (Lipinski definition) is 3. The molecule has 0 saturated heterocycles. The lowest BCUT2D eigenvalue weighted by Gasteiger charge is -2.23. The smallest absolute Gasteiger partial charge is 0.255 e. The van der Waals surface area contributed by atoms with Crippen LogP contribution in [0.1, 0.15) is 27.0 Å². The number of anilines is 2. The lowest BCUT2D eigenvalue weighted by molar-refractivity contribution is 0.102. The number of carbonyl (C=O) groups excluding carboxylic acids is 1. The third-order valence-electron chi connectivity index (χ3n) is 6.26. The summed E-state index contributed by atoms with van der Waals surface area (Å²) >= 11 is 5.85. The van der Waals surface area contributed by atoms with Crippen LogP contribution in [0.4, 0.5) is 15.8 Å². The zero-order valence-corrected chi connectivity index (χ0v) is 20.5. The number of halogens is 2. The molecule has 4 aromatic carbocycles. The first-order valence-electron chi connectivity index (χ1n) is 11.1. The number of nitrogens with one attached hydrogen (secondary N) is 1. The predicted octanol–water partition coefficient (Wildman–Crippen LogP) is 5.95. The number of aryl methyl sites for hydroxylation is 2. The summed E-state index contributed by atoms with van der Waals surface area (Å²) in [6.07, 6.45) is 3.10. The Morgan fingerprint density at radius 3 is 2.40 bits per heavy atom. The van der Waals surface area contributed by atoms with Crippen LogP contribution in [-0.4, -0.2) is 20.6 Å². The SMILES string of the molecule is CS(=O)(=O)N(Cc1ccc(C(=O)Nc2ccc3c4c(cccc24)CC3)cc1)c1ccc(F)c(Cl)c1. The van der Waals surface area contributed by atoms with Crippen LogP contribution >= 0.6 is 11.6 Å². The van der Waals surface area contributed by atoms with Gasteiger partial charge in [0.15, 0.2) is 0 Å². The zero-order chi connectivity index (χ0) is 24.7. The van der Waals surface area contributed by atoms with E-state index in [4.69, 9.17) is 11.6 Å². The summed E-state index contributed by atoms with van der Waals surface area (Å²) in [5.74, 6) is -0.875. The fraction of sp³-hybridized carbons (Fsp3) is 0.148. The molecule has 8 heteroatoms. The molecule has 0 fully saturated rings. The Labute approximate surface area is 208 Å². The standard InChI is InChI=1S/C27H22ClFN2O3S/c1-35(33,34)31(21-12-13-24(29)23(28)15-21)16-17-5-7-20(8-6-17)27(32)30-25-14-11-19-10-9-18-3-2-4-22(25)26(18)19/h2-8,11-15H,9-10,16H2,1H3,(H,30,32). The normalized spacial score (nSPS) is 12.7. The maximum absolute atomic E-state index is 13.6. The first-order chi connectivity index (χ1) is 16.7. The van der Waals surface area contributed by atoms with Crippen molar-refractivity contribution in [2.75, 3.05) is 15.9 Å². The molecule has 5 rings (SSSR count). The van der Waals surface area contributed by atoms with Crippen molar-refractivity contribution in [1.29, 1.82) is 0 Å². The molecule has 0 aromatic heterocycles. The summed E-state index contributed by atoms with van der Waals surface area (Å²) in [4.78, 5) is 13.0. The highest BCUT2D eigenvalue weighted by Crippen LogP contribution is 2.35. The fourth-order valence-corrected chi connectivity index (χ4v) is 5.57. The van der Waals surface area contributed by atoms with Crippen molar-refractivity contribution in [3.63, 3.8) is 0 Å². The second-order valence-corrected chi connectivity index (χ2v) is 10.9. The molecule has 1 aliphatic rings. The van der Waals surface area contributed by atoms with Gasteiger partial charge in [0.25, 0.3) is 5.91 Å². The van der Waals surface area contributed by atoms with Crippen LogP contribution in [0.3, 0.4) is 0 Å². The number of rotatable bonds is 6. The van der Waals surface area contributed by atoms with Gasteiger partial charge < -0.3 is 5.32 Å². The zero-order valence-electron chi connectivity index (χ0n) is 18.9. The maximum Gasteiger partial charge on any atom is 0.255 e. The Kier molecular flexibility index (Phi) is 5.99. The van der Waals surface area contributed by atoms with Crippen LogP contribution in [0.15, 0.2) is 72.8 Å². The first kappa shape index (κ1) is 23.3. The number of nitrogens with zero attached hydrogens (tertiary/aromatic N) is 1. The first-order valence-corrected chi connectivity index (χ1v) is 13.3. The fourth-order valence-electron chi connectivity index (χ4n) is 4.52. The Hall–Kier alpha value is -3.42. The largest absolute Gasteiger partial charge is 0.321 e. The van der Waals surface area contributed by atoms with Crippen molar-refractivity contribution in [2.45, 2.75) is 19.4 Å². The van der Waals surface area contributed by atoms with Crippen molar-refractivity contribution in [3.05, 3.63) is 106 Å². The predicted molar refractivity (Wildman–Crippen MR) is 138 cm³/mol. The van der Waals surface area contributed by atoms with E-state index in [1.807, 2.05) is 18.2 Å². The van der Waals surface area contributed by atoms with E-state index >= 15 is 0 Å². The molecule has 0 unspecified atom stereocenters. The molecule has 35 heavy (non-hydrogen) atoms. The second-order valence-electron chi connectivity index (χ2n) is 8.63. The molecule has 178 valence electrons.